The molecule has 0 unspecified atom stereocenters. The van der Waals surface area contributed by atoms with Gasteiger partial charge in [0.05, 0.1) is 0 Å². The minimum atomic E-state index is 0. The summed E-state index contributed by atoms with van der Waals surface area (Å²) >= 11 is 0. The van der Waals surface area contributed by atoms with Gasteiger partial charge < -0.3 is 13.8 Å². The molecule has 0 spiro atoms. The average molecular weight is 154 g/mol. The molecule has 0 radical (unpaired) electrons. The van der Waals surface area contributed by atoms with Gasteiger partial charge in [-0.15, -0.1) is 0 Å². The molecular weight excluding hydrogens is 134 g/mol. The maximum atomic E-state index is 3.81. The SMILES string of the molecule is [CH2-]CCCCCCCC[CH2-].[Li+].[Li+]. The molecule has 0 heterocycles. The molecule has 62 valence electrons. The van der Waals surface area contributed by atoms with Crippen LogP contribution in [0.2, 0.25) is 0 Å². The van der Waals surface area contributed by atoms with Crippen LogP contribution in [-0.4, -0.2) is 0 Å². The van der Waals surface area contributed by atoms with Crippen molar-refractivity contribution in [3.63, 3.8) is 0 Å². The summed E-state index contributed by atoms with van der Waals surface area (Å²) in [4.78, 5) is 0. The van der Waals surface area contributed by atoms with Crippen molar-refractivity contribution in [1.82, 2.24) is 0 Å². The summed E-state index contributed by atoms with van der Waals surface area (Å²) in [6, 6.07) is 0. The van der Waals surface area contributed by atoms with Gasteiger partial charge in [0.25, 0.3) is 0 Å². The molecule has 0 aliphatic rings. The van der Waals surface area contributed by atoms with E-state index in [4.69, 9.17) is 0 Å². The van der Waals surface area contributed by atoms with E-state index in [1.807, 2.05) is 0 Å². The molecule has 0 amide bonds. The molecule has 2 heteroatoms. The molecule has 0 bridgehead atoms. The summed E-state index contributed by atoms with van der Waals surface area (Å²) in [5, 5.41) is 0. The fraction of sp³-hybridized carbons (Fsp3) is 0.800. The predicted octanol–water partition coefficient (Wildman–Crippen LogP) is -2.22. The third-order valence-electron chi connectivity index (χ3n) is 1.75. The molecule has 0 atom stereocenters. The zero-order valence-electron chi connectivity index (χ0n) is 9.07. The first kappa shape index (κ1) is 18.9. The van der Waals surface area contributed by atoms with E-state index >= 15 is 0 Å². The first-order valence-corrected chi connectivity index (χ1v) is 4.50. The number of unbranched alkanes of at least 4 members (excludes halogenated alkanes) is 7. The van der Waals surface area contributed by atoms with Crippen molar-refractivity contribution < 1.29 is 37.7 Å². The van der Waals surface area contributed by atoms with Crippen LogP contribution in [0.3, 0.4) is 0 Å². The minimum Gasteiger partial charge on any atom is -0.343 e. The first-order chi connectivity index (χ1) is 4.91. The second-order valence-electron chi connectivity index (χ2n) is 2.83. The normalized spacial score (nSPS) is 8.50. The summed E-state index contributed by atoms with van der Waals surface area (Å²) < 4.78 is 0. The quantitative estimate of drug-likeness (QED) is 0.221. The van der Waals surface area contributed by atoms with Gasteiger partial charge in [-0.05, 0) is 0 Å². The second-order valence-corrected chi connectivity index (χ2v) is 2.83. The Morgan fingerprint density at radius 1 is 0.500 bits per heavy atom. The monoisotopic (exact) mass is 154 g/mol. The number of rotatable bonds is 7. The third-order valence-corrected chi connectivity index (χ3v) is 1.75. The Morgan fingerprint density at radius 3 is 1.00 bits per heavy atom. The van der Waals surface area contributed by atoms with Gasteiger partial charge in [0, 0.05) is 0 Å². The second kappa shape index (κ2) is 18.1. The molecule has 0 aromatic carbocycles. The van der Waals surface area contributed by atoms with Crippen molar-refractivity contribution in [1.29, 1.82) is 0 Å². The Hall–Kier alpha value is 1.19. The summed E-state index contributed by atoms with van der Waals surface area (Å²) in [5.41, 5.74) is 0. The zero-order chi connectivity index (χ0) is 7.66. The molecule has 0 aliphatic heterocycles. The summed E-state index contributed by atoms with van der Waals surface area (Å²) in [6.07, 6.45) is 10.4. The first-order valence-electron chi connectivity index (χ1n) is 4.50. The van der Waals surface area contributed by atoms with Crippen molar-refractivity contribution in [2.45, 2.75) is 51.4 Å². The molecule has 0 saturated carbocycles. The fourth-order valence-electron chi connectivity index (χ4n) is 1.06. The van der Waals surface area contributed by atoms with E-state index < -0.39 is 0 Å². The standard InChI is InChI=1S/C10H20.2Li/c1-3-5-7-9-10-8-6-4-2;;/h1-10H2;;/q-2;2*+1. The van der Waals surface area contributed by atoms with Crippen LogP contribution in [0.15, 0.2) is 0 Å². The van der Waals surface area contributed by atoms with Crippen molar-refractivity contribution in [3.05, 3.63) is 13.8 Å². The molecule has 0 aromatic heterocycles. The Labute approximate surface area is 103 Å². The molecule has 0 aromatic rings. The van der Waals surface area contributed by atoms with Gasteiger partial charge in [-0.3, -0.25) is 0 Å². The van der Waals surface area contributed by atoms with Gasteiger partial charge in [-0.1, -0.05) is 38.5 Å². The summed E-state index contributed by atoms with van der Waals surface area (Å²) in [5.74, 6) is 0. The van der Waals surface area contributed by atoms with Gasteiger partial charge in [0.2, 0.25) is 0 Å². The van der Waals surface area contributed by atoms with Crippen molar-refractivity contribution in [2.24, 2.45) is 0 Å². The Kier molecular flexibility index (Phi) is 28.4. The van der Waals surface area contributed by atoms with Crippen LogP contribution in [0.4, 0.5) is 0 Å². The van der Waals surface area contributed by atoms with Crippen LogP contribution in [0, 0.1) is 13.8 Å². The zero-order valence-corrected chi connectivity index (χ0v) is 9.07. The smallest absolute Gasteiger partial charge is 0.343 e. The van der Waals surface area contributed by atoms with Gasteiger partial charge >= 0.3 is 37.7 Å². The topological polar surface area (TPSA) is 0 Å². The maximum Gasteiger partial charge on any atom is 1.00 e. The van der Waals surface area contributed by atoms with E-state index in [0.29, 0.717) is 0 Å². The molecular formula is C10H20Li2. The molecule has 12 heavy (non-hydrogen) atoms. The fourth-order valence-corrected chi connectivity index (χ4v) is 1.06. The third kappa shape index (κ3) is 17.3. The van der Waals surface area contributed by atoms with Crippen LogP contribution >= 0.6 is 0 Å². The molecule has 0 fully saturated rings. The van der Waals surface area contributed by atoms with Gasteiger partial charge in [-0.2, -0.15) is 12.8 Å². The molecule has 0 N–H and O–H groups in total. The van der Waals surface area contributed by atoms with Crippen molar-refractivity contribution in [3.8, 4) is 0 Å². The van der Waals surface area contributed by atoms with Crippen LogP contribution in [0.25, 0.3) is 0 Å². The van der Waals surface area contributed by atoms with E-state index in [1.165, 1.54) is 38.5 Å². The van der Waals surface area contributed by atoms with Crippen LogP contribution < -0.4 is 37.7 Å². The Balaban J connectivity index is -0.000000405. The van der Waals surface area contributed by atoms with E-state index in [1.54, 1.807) is 0 Å². The summed E-state index contributed by atoms with van der Waals surface area (Å²) in [6.45, 7) is 7.62. The Morgan fingerprint density at radius 2 is 0.750 bits per heavy atom. The van der Waals surface area contributed by atoms with Crippen LogP contribution in [0.5, 0.6) is 0 Å². The summed E-state index contributed by atoms with van der Waals surface area (Å²) in [7, 11) is 0. The Bertz CT molecular complexity index is 47.8. The van der Waals surface area contributed by atoms with E-state index in [-0.39, 0.29) is 37.7 Å². The number of hydrogen-bond donors (Lipinski definition) is 0. The molecule has 0 rings (SSSR count). The maximum absolute atomic E-state index is 3.81. The molecule has 0 nitrogen and oxygen atoms in total. The van der Waals surface area contributed by atoms with E-state index in [0.717, 1.165) is 12.8 Å². The van der Waals surface area contributed by atoms with Gasteiger partial charge in [-0.25, -0.2) is 0 Å². The van der Waals surface area contributed by atoms with Crippen LogP contribution in [0.1, 0.15) is 51.4 Å². The number of hydrogen-bond acceptors (Lipinski definition) is 0. The average Bonchev–Trinajstić information content (AvgIpc) is 1.97. The van der Waals surface area contributed by atoms with E-state index in [9.17, 15) is 0 Å². The van der Waals surface area contributed by atoms with Crippen molar-refractivity contribution in [2.75, 3.05) is 0 Å². The van der Waals surface area contributed by atoms with E-state index in [2.05, 4.69) is 13.8 Å². The molecule has 0 saturated heterocycles. The van der Waals surface area contributed by atoms with Crippen LogP contribution in [-0.2, 0) is 0 Å². The van der Waals surface area contributed by atoms with Gasteiger partial charge in [0.1, 0.15) is 0 Å². The van der Waals surface area contributed by atoms with Gasteiger partial charge in [0.15, 0.2) is 0 Å². The largest absolute Gasteiger partial charge is 1.00 e. The van der Waals surface area contributed by atoms with Crippen molar-refractivity contribution >= 4 is 0 Å². The molecule has 0 aliphatic carbocycles. The minimum absolute atomic E-state index is 0. The predicted molar refractivity (Wildman–Crippen MR) is 47.7 cm³/mol.